The van der Waals surface area contributed by atoms with E-state index in [4.69, 9.17) is 11.6 Å². The molecule has 0 N–H and O–H groups in total. The number of anilines is 2. The lowest BCUT2D eigenvalue weighted by atomic mass is 10.1. The molecule has 0 spiro atoms. The second kappa shape index (κ2) is 5.28. The molecule has 2 amide bonds. The molecule has 0 unspecified atom stereocenters. The fourth-order valence-corrected chi connectivity index (χ4v) is 3.08. The van der Waals surface area contributed by atoms with Crippen LogP contribution in [0, 0.1) is 6.92 Å². The Morgan fingerprint density at radius 2 is 2.23 bits per heavy atom. The molecule has 0 aliphatic carbocycles. The molecule has 0 radical (unpaired) electrons. The summed E-state index contributed by atoms with van der Waals surface area (Å²) < 4.78 is 0. The highest BCUT2D eigenvalue weighted by molar-refractivity contribution is 6.30. The molecular weight excluding hydrogens is 304 g/mol. The number of carbonyl (C=O) groups excluding carboxylic acids is 2. The summed E-state index contributed by atoms with van der Waals surface area (Å²) in [5, 5.41) is 0.435. The highest BCUT2D eigenvalue weighted by Gasteiger charge is 2.42. The van der Waals surface area contributed by atoms with E-state index < -0.39 is 6.04 Å². The first-order valence-electron chi connectivity index (χ1n) is 7.06. The summed E-state index contributed by atoms with van der Waals surface area (Å²) in [6.45, 7) is 6.77. The molecule has 2 aliphatic rings. The monoisotopic (exact) mass is 320 g/mol. The number of nitrogens with zero attached hydrogens (tertiary/aromatic N) is 4. The Bertz CT molecular complexity index is 676. The lowest BCUT2D eigenvalue weighted by Gasteiger charge is -2.46. The van der Waals surface area contributed by atoms with Gasteiger partial charge >= 0.3 is 0 Å². The van der Waals surface area contributed by atoms with Crippen LogP contribution in [0.15, 0.2) is 18.7 Å². The van der Waals surface area contributed by atoms with Crippen molar-refractivity contribution in [2.45, 2.75) is 13.0 Å². The highest BCUT2D eigenvalue weighted by Crippen LogP contribution is 2.37. The zero-order valence-electron chi connectivity index (χ0n) is 12.5. The molecule has 1 fully saturated rings. The van der Waals surface area contributed by atoms with Crippen LogP contribution in [0.2, 0.25) is 5.15 Å². The van der Waals surface area contributed by atoms with Gasteiger partial charge in [-0.1, -0.05) is 18.2 Å². The van der Waals surface area contributed by atoms with Gasteiger partial charge in [0.1, 0.15) is 11.2 Å². The van der Waals surface area contributed by atoms with E-state index in [1.54, 1.807) is 16.8 Å². The van der Waals surface area contributed by atoms with Crippen LogP contribution in [0.3, 0.4) is 0 Å². The van der Waals surface area contributed by atoms with E-state index in [0.29, 0.717) is 30.6 Å². The Morgan fingerprint density at radius 1 is 1.50 bits per heavy atom. The number of halogens is 1. The number of rotatable bonds is 1. The predicted molar refractivity (Wildman–Crippen MR) is 85.3 cm³/mol. The van der Waals surface area contributed by atoms with Crippen LogP contribution < -0.4 is 9.80 Å². The Labute approximate surface area is 134 Å². The summed E-state index contributed by atoms with van der Waals surface area (Å²) in [5.74, 6) is 0.502. The molecule has 3 heterocycles. The molecular formula is C15H17ClN4O2. The zero-order valence-corrected chi connectivity index (χ0v) is 13.3. The fraction of sp³-hybridized carbons (Fsp3) is 0.400. The molecule has 1 aromatic heterocycles. The summed E-state index contributed by atoms with van der Waals surface area (Å²) in [5.41, 5.74) is 1.59. The van der Waals surface area contributed by atoms with Gasteiger partial charge in [0.2, 0.25) is 5.91 Å². The largest absolute Gasteiger partial charge is 0.339 e. The van der Waals surface area contributed by atoms with Crippen molar-refractivity contribution in [2.24, 2.45) is 0 Å². The van der Waals surface area contributed by atoms with Crippen molar-refractivity contribution in [2.75, 3.05) is 36.5 Å². The average molecular weight is 321 g/mol. The van der Waals surface area contributed by atoms with Gasteiger partial charge in [0.15, 0.2) is 5.82 Å². The number of amides is 2. The van der Waals surface area contributed by atoms with Gasteiger partial charge in [-0.25, -0.2) is 4.98 Å². The van der Waals surface area contributed by atoms with E-state index >= 15 is 0 Å². The third-order valence-corrected chi connectivity index (χ3v) is 4.61. The van der Waals surface area contributed by atoms with Crippen LogP contribution >= 0.6 is 11.6 Å². The number of fused-ring (bicyclic) bond motifs is 3. The highest BCUT2D eigenvalue weighted by atomic mass is 35.5. The van der Waals surface area contributed by atoms with E-state index in [-0.39, 0.29) is 11.8 Å². The van der Waals surface area contributed by atoms with Gasteiger partial charge in [-0.3, -0.25) is 9.59 Å². The van der Waals surface area contributed by atoms with Gasteiger partial charge in [-0.2, -0.15) is 0 Å². The quantitative estimate of drug-likeness (QED) is 0.577. The molecule has 1 saturated heterocycles. The zero-order chi connectivity index (χ0) is 16.0. The van der Waals surface area contributed by atoms with Gasteiger partial charge < -0.3 is 14.7 Å². The molecule has 7 heteroatoms. The minimum absolute atomic E-state index is 0.0439. The van der Waals surface area contributed by atoms with Crippen molar-refractivity contribution < 1.29 is 9.59 Å². The Kier molecular flexibility index (Phi) is 3.56. The SMILES string of the molecule is C=CC(=O)N1CCN2c3nc(Cl)c(C)cc3N(C)C(=O)[C@H]2C1. The number of aryl methyl sites for hydroxylation is 1. The molecule has 22 heavy (non-hydrogen) atoms. The first kappa shape index (κ1) is 14.8. The minimum atomic E-state index is -0.429. The topological polar surface area (TPSA) is 56.8 Å². The standard InChI is InChI=1S/C15H17ClN4O2/c1-4-12(21)19-5-6-20-11(8-19)15(22)18(3)10-7-9(2)13(16)17-14(10)20/h4,7,11H,1,5-6,8H2,2-3H3/t11-/m1/s1. The number of hydrogen-bond donors (Lipinski definition) is 0. The molecule has 0 aromatic carbocycles. The van der Waals surface area contributed by atoms with E-state index in [1.165, 1.54) is 6.08 Å². The van der Waals surface area contributed by atoms with Crippen LogP contribution in [0.4, 0.5) is 11.5 Å². The van der Waals surface area contributed by atoms with Gasteiger partial charge in [0, 0.05) is 20.1 Å². The second-order valence-electron chi connectivity index (χ2n) is 5.53. The Balaban J connectivity index is 2.01. The lowest BCUT2D eigenvalue weighted by molar-refractivity contribution is -0.128. The lowest BCUT2D eigenvalue weighted by Crippen LogP contribution is -2.63. The third kappa shape index (κ3) is 2.14. The first-order chi connectivity index (χ1) is 10.4. The van der Waals surface area contributed by atoms with Crippen LogP contribution in [-0.2, 0) is 9.59 Å². The van der Waals surface area contributed by atoms with Crippen LogP contribution in [-0.4, -0.2) is 54.4 Å². The molecule has 1 aromatic rings. The van der Waals surface area contributed by atoms with Gasteiger partial charge in [0.05, 0.1) is 12.2 Å². The maximum atomic E-state index is 12.6. The van der Waals surface area contributed by atoms with Crippen molar-refractivity contribution in [1.29, 1.82) is 0 Å². The minimum Gasteiger partial charge on any atom is -0.339 e. The second-order valence-corrected chi connectivity index (χ2v) is 5.89. The molecule has 3 rings (SSSR count). The summed E-state index contributed by atoms with van der Waals surface area (Å²) in [6, 6.07) is 1.45. The molecule has 6 nitrogen and oxygen atoms in total. The fourth-order valence-electron chi connectivity index (χ4n) is 2.95. The van der Waals surface area contributed by atoms with Gasteiger partial charge in [-0.15, -0.1) is 0 Å². The van der Waals surface area contributed by atoms with Crippen molar-refractivity contribution in [3.05, 3.63) is 29.4 Å². The molecule has 116 valence electrons. The Hall–Kier alpha value is -2.08. The summed E-state index contributed by atoms with van der Waals surface area (Å²) >= 11 is 6.14. The van der Waals surface area contributed by atoms with E-state index in [2.05, 4.69) is 11.6 Å². The maximum Gasteiger partial charge on any atom is 0.251 e. The molecule has 0 saturated carbocycles. The van der Waals surface area contributed by atoms with Crippen LogP contribution in [0.25, 0.3) is 0 Å². The van der Waals surface area contributed by atoms with E-state index in [0.717, 1.165) is 11.3 Å². The molecule has 1 atom stereocenters. The number of aromatic nitrogens is 1. The molecule has 0 bridgehead atoms. The van der Waals surface area contributed by atoms with Crippen molar-refractivity contribution >= 4 is 34.9 Å². The van der Waals surface area contributed by atoms with Crippen molar-refractivity contribution in [1.82, 2.24) is 9.88 Å². The van der Waals surface area contributed by atoms with Crippen LogP contribution in [0.5, 0.6) is 0 Å². The van der Waals surface area contributed by atoms with Gasteiger partial charge in [-0.05, 0) is 24.6 Å². The van der Waals surface area contributed by atoms with Crippen molar-refractivity contribution in [3.63, 3.8) is 0 Å². The van der Waals surface area contributed by atoms with Gasteiger partial charge in [0.25, 0.3) is 5.91 Å². The summed E-state index contributed by atoms with van der Waals surface area (Å²) in [4.78, 5) is 34.1. The number of pyridine rings is 1. The third-order valence-electron chi connectivity index (χ3n) is 4.23. The molecule has 2 aliphatic heterocycles. The number of hydrogen-bond acceptors (Lipinski definition) is 4. The number of carbonyl (C=O) groups is 2. The number of likely N-dealkylation sites (N-methyl/N-ethyl adjacent to an activating group) is 1. The summed E-state index contributed by atoms with van der Waals surface area (Å²) in [6.07, 6.45) is 1.28. The first-order valence-corrected chi connectivity index (χ1v) is 7.44. The normalized spacial score (nSPS) is 20.6. The van der Waals surface area contributed by atoms with Crippen LogP contribution in [0.1, 0.15) is 5.56 Å². The Morgan fingerprint density at radius 3 is 2.91 bits per heavy atom. The maximum absolute atomic E-state index is 12.6. The van der Waals surface area contributed by atoms with E-state index in [9.17, 15) is 9.59 Å². The number of piperazine rings is 1. The predicted octanol–water partition coefficient (Wildman–Crippen LogP) is 1.22. The summed E-state index contributed by atoms with van der Waals surface area (Å²) in [7, 11) is 1.72. The average Bonchev–Trinajstić information content (AvgIpc) is 2.53. The smallest absolute Gasteiger partial charge is 0.251 e. The van der Waals surface area contributed by atoms with Crippen molar-refractivity contribution in [3.8, 4) is 0 Å². The van der Waals surface area contributed by atoms with E-state index in [1.807, 2.05) is 17.9 Å².